The molecule has 2 aliphatic heterocycles. The Bertz CT molecular complexity index is 541. The van der Waals surface area contributed by atoms with Crippen LogP contribution in [0.2, 0.25) is 0 Å². The summed E-state index contributed by atoms with van der Waals surface area (Å²) >= 11 is 1.98. The van der Waals surface area contributed by atoms with Gasteiger partial charge in [-0.05, 0) is 36.5 Å². The molecule has 2 fully saturated rings. The summed E-state index contributed by atoms with van der Waals surface area (Å²) in [7, 11) is 0. The average Bonchev–Trinajstić information content (AvgIpc) is 2.67. The fourth-order valence-electron chi connectivity index (χ4n) is 3.25. The Morgan fingerprint density at radius 2 is 1.76 bits per heavy atom. The standard InChI is InChI=1S/C18H28N4OS.HI/c19-18(22-9-11-24-12-10-22)20-13-15-1-3-17(4-2-15)21-7-5-16(14-23)6-8-21;/h1-4,16,23H,5-14H2,(H2,19,20);1H. The van der Waals surface area contributed by atoms with Crippen molar-refractivity contribution in [3.8, 4) is 0 Å². The van der Waals surface area contributed by atoms with Gasteiger partial charge in [-0.15, -0.1) is 24.0 Å². The molecule has 5 nitrogen and oxygen atoms in total. The molecule has 1 aromatic carbocycles. The molecule has 7 heteroatoms. The summed E-state index contributed by atoms with van der Waals surface area (Å²) in [5.41, 5.74) is 8.56. The van der Waals surface area contributed by atoms with E-state index < -0.39 is 0 Å². The Kier molecular flexibility index (Phi) is 8.65. The number of aliphatic hydroxyl groups excluding tert-OH is 1. The number of rotatable bonds is 4. The number of nitrogens with zero attached hydrogens (tertiary/aromatic N) is 3. The van der Waals surface area contributed by atoms with Gasteiger partial charge in [0.05, 0.1) is 6.54 Å². The molecule has 140 valence electrons. The summed E-state index contributed by atoms with van der Waals surface area (Å²) in [5.74, 6) is 3.42. The molecule has 2 aliphatic rings. The highest BCUT2D eigenvalue weighted by Gasteiger charge is 2.18. The van der Waals surface area contributed by atoms with E-state index in [9.17, 15) is 5.11 Å². The third-order valence-electron chi connectivity index (χ3n) is 4.93. The minimum Gasteiger partial charge on any atom is -0.396 e. The molecule has 0 saturated carbocycles. The quantitative estimate of drug-likeness (QED) is 0.397. The van der Waals surface area contributed by atoms with Crippen LogP contribution in [0.15, 0.2) is 29.3 Å². The summed E-state index contributed by atoms with van der Waals surface area (Å²) in [5, 5.41) is 9.24. The van der Waals surface area contributed by atoms with Gasteiger partial charge in [-0.2, -0.15) is 11.8 Å². The van der Waals surface area contributed by atoms with E-state index >= 15 is 0 Å². The Balaban J connectivity index is 0.00000225. The van der Waals surface area contributed by atoms with E-state index in [1.165, 1.54) is 11.3 Å². The number of nitrogens with two attached hydrogens (primary N) is 1. The highest BCUT2D eigenvalue weighted by Crippen LogP contribution is 2.23. The van der Waals surface area contributed by atoms with Crippen molar-refractivity contribution in [3.05, 3.63) is 29.8 Å². The van der Waals surface area contributed by atoms with E-state index in [2.05, 4.69) is 39.1 Å². The highest BCUT2D eigenvalue weighted by atomic mass is 127. The molecule has 0 aromatic heterocycles. The molecule has 3 rings (SSSR count). The van der Waals surface area contributed by atoms with Gasteiger partial charge in [0.1, 0.15) is 0 Å². The normalized spacial score (nSPS) is 19.6. The molecule has 2 saturated heterocycles. The van der Waals surface area contributed by atoms with Crippen LogP contribution in [-0.4, -0.2) is 60.3 Å². The van der Waals surface area contributed by atoms with Crippen LogP contribution in [-0.2, 0) is 6.54 Å². The van der Waals surface area contributed by atoms with Crippen molar-refractivity contribution in [2.24, 2.45) is 16.6 Å². The van der Waals surface area contributed by atoms with E-state index in [0.29, 0.717) is 25.0 Å². The van der Waals surface area contributed by atoms with E-state index in [1.807, 2.05) is 11.8 Å². The van der Waals surface area contributed by atoms with Crippen molar-refractivity contribution < 1.29 is 5.11 Å². The summed E-state index contributed by atoms with van der Waals surface area (Å²) in [4.78, 5) is 9.13. The summed E-state index contributed by atoms with van der Waals surface area (Å²) in [6.07, 6.45) is 2.15. The molecule has 2 heterocycles. The van der Waals surface area contributed by atoms with Gasteiger partial charge in [0.25, 0.3) is 0 Å². The number of aliphatic imine (C=N–C) groups is 1. The van der Waals surface area contributed by atoms with Gasteiger partial charge in [0, 0.05) is 50.0 Å². The molecule has 0 atom stereocenters. The van der Waals surface area contributed by atoms with Gasteiger partial charge < -0.3 is 20.6 Å². The van der Waals surface area contributed by atoms with Crippen molar-refractivity contribution in [1.29, 1.82) is 0 Å². The largest absolute Gasteiger partial charge is 0.396 e. The lowest BCUT2D eigenvalue weighted by molar-refractivity contribution is 0.203. The monoisotopic (exact) mass is 476 g/mol. The topological polar surface area (TPSA) is 65.1 Å². The van der Waals surface area contributed by atoms with Crippen LogP contribution in [0.4, 0.5) is 5.69 Å². The number of aliphatic hydroxyl groups is 1. The Hall–Kier alpha value is -0.670. The van der Waals surface area contributed by atoms with Crippen LogP contribution in [0.5, 0.6) is 0 Å². The lowest BCUT2D eigenvalue weighted by atomic mass is 9.97. The minimum atomic E-state index is 0. The Morgan fingerprint density at radius 3 is 2.36 bits per heavy atom. The molecule has 0 unspecified atom stereocenters. The van der Waals surface area contributed by atoms with Gasteiger partial charge in [-0.25, -0.2) is 4.99 Å². The molecular formula is C18H29IN4OS. The van der Waals surface area contributed by atoms with E-state index in [0.717, 1.165) is 50.5 Å². The fraction of sp³-hybridized carbons (Fsp3) is 0.611. The second-order valence-electron chi connectivity index (χ2n) is 6.55. The lowest BCUT2D eigenvalue weighted by Crippen LogP contribution is -2.42. The second-order valence-corrected chi connectivity index (χ2v) is 7.78. The predicted molar refractivity (Wildman–Crippen MR) is 118 cm³/mol. The zero-order valence-corrected chi connectivity index (χ0v) is 17.8. The van der Waals surface area contributed by atoms with Crippen LogP contribution in [0.25, 0.3) is 0 Å². The van der Waals surface area contributed by atoms with Gasteiger partial charge in [-0.1, -0.05) is 12.1 Å². The van der Waals surface area contributed by atoms with E-state index in [4.69, 9.17) is 5.73 Å². The Labute approximate surface area is 172 Å². The fourth-order valence-corrected chi connectivity index (χ4v) is 4.15. The average molecular weight is 476 g/mol. The second kappa shape index (κ2) is 10.5. The van der Waals surface area contributed by atoms with Crippen molar-refractivity contribution >= 4 is 47.4 Å². The number of hydrogen-bond acceptors (Lipinski definition) is 4. The van der Waals surface area contributed by atoms with Crippen molar-refractivity contribution in [1.82, 2.24) is 4.90 Å². The molecule has 0 amide bonds. The number of halogens is 1. The number of thioether (sulfide) groups is 1. The number of piperidine rings is 1. The zero-order valence-electron chi connectivity index (χ0n) is 14.6. The minimum absolute atomic E-state index is 0. The molecule has 0 aliphatic carbocycles. The maximum atomic E-state index is 9.24. The maximum Gasteiger partial charge on any atom is 0.191 e. The van der Waals surface area contributed by atoms with Crippen molar-refractivity contribution in [2.45, 2.75) is 19.4 Å². The van der Waals surface area contributed by atoms with Gasteiger partial charge in [-0.3, -0.25) is 0 Å². The highest BCUT2D eigenvalue weighted by molar-refractivity contribution is 14.0. The smallest absolute Gasteiger partial charge is 0.191 e. The number of benzene rings is 1. The summed E-state index contributed by atoms with van der Waals surface area (Å²) in [6, 6.07) is 8.66. The van der Waals surface area contributed by atoms with Crippen LogP contribution in [0, 0.1) is 5.92 Å². The van der Waals surface area contributed by atoms with Crippen LogP contribution in [0.1, 0.15) is 18.4 Å². The first kappa shape index (κ1) is 20.6. The van der Waals surface area contributed by atoms with E-state index in [-0.39, 0.29) is 24.0 Å². The molecule has 0 radical (unpaired) electrons. The molecular weight excluding hydrogens is 447 g/mol. The summed E-state index contributed by atoms with van der Waals surface area (Å²) < 4.78 is 0. The zero-order chi connectivity index (χ0) is 16.8. The van der Waals surface area contributed by atoms with Crippen molar-refractivity contribution in [2.75, 3.05) is 49.2 Å². The van der Waals surface area contributed by atoms with Crippen LogP contribution >= 0.6 is 35.7 Å². The first-order valence-electron chi connectivity index (χ1n) is 8.83. The molecule has 3 N–H and O–H groups in total. The third-order valence-corrected chi connectivity index (χ3v) is 5.88. The third kappa shape index (κ3) is 5.92. The van der Waals surface area contributed by atoms with E-state index in [1.54, 1.807) is 0 Å². The predicted octanol–water partition coefficient (Wildman–Crippen LogP) is 2.38. The van der Waals surface area contributed by atoms with Crippen LogP contribution < -0.4 is 10.6 Å². The van der Waals surface area contributed by atoms with Crippen LogP contribution in [0.3, 0.4) is 0 Å². The molecule has 1 aromatic rings. The Morgan fingerprint density at radius 1 is 1.12 bits per heavy atom. The summed E-state index contributed by atoms with van der Waals surface area (Å²) in [6.45, 7) is 5.03. The van der Waals surface area contributed by atoms with Crippen molar-refractivity contribution in [3.63, 3.8) is 0 Å². The molecule has 0 bridgehead atoms. The van der Waals surface area contributed by atoms with Gasteiger partial charge in [0.2, 0.25) is 0 Å². The first-order valence-corrected chi connectivity index (χ1v) is 9.99. The maximum absolute atomic E-state index is 9.24. The SMILES string of the molecule is I.NC(=NCc1ccc(N2CCC(CO)CC2)cc1)N1CCSCC1. The number of guanidine groups is 1. The lowest BCUT2D eigenvalue weighted by Gasteiger charge is -2.33. The molecule has 0 spiro atoms. The van der Waals surface area contributed by atoms with Gasteiger partial charge in [0.15, 0.2) is 5.96 Å². The number of anilines is 1. The number of hydrogen-bond donors (Lipinski definition) is 2. The van der Waals surface area contributed by atoms with Gasteiger partial charge >= 0.3 is 0 Å². The molecule has 25 heavy (non-hydrogen) atoms. The first-order chi connectivity index (χ1) is 11.8.